The number of aliphatic hydroxyl groups is 4. The van der Waals surface area contributed by atoms with Crippen molar-refractivity contribution in [1.29, 1.82) is 0 Å². The second kappa shape index (κ2) is 13.0. The van der Waals surface area contributed by atoms with Crippen molar-refractivity contribution in [3.8, 4) is 0 Å². The van der Waals surface area contributed by atoms with Crippen LogP contribution in [0.1, 0.15) is 31.1 Å². The van der Waals surface area contributed by atoms with Crippen LogP contribution in [0.2, 0.25) is 0 Å². The number of carbonyl (C=O) groups excluding carboxylic acids is 3. The Hall–Kier alpha value is -2.42. The summed E-state index contributed by atoms with van der Waals surface area (Å²) >= 11 is 1.14. The number of nitrogens with one attached hydrogen (secondary N) is 2. The van der Waals surface area contributed by atoms with E-state index < -0.39 is 61.0 Å². The fourth-order valence-electron chi connectivity index (χ4n) is 2.94. The smallest absolute Gasteiger partial charge is 0.408 e. The predicted molar refractivity (Wildman–Crippen MR) is 124 cm³/mol. The zero-order valence-corrected chi connectivity index (χ0v) is 20.4. The maximum Gasteiger partial charge on any atom is 0.408 e. The molecule has 0 bridgehead atoms. The molecule has 1 aromatic carbocycles. The quantitative estimate of drug-likeness (QED) is 0.139. The maximum absolute atomic E-state index is 12.7. The van der Waals surface area contributed by atoms with Gasteiger partial charge >= 0.3 is 12.1 Å². The Morgan fingerprint density at radius 2 is 1.71 bits per heavy atom. The van der Waals surface area contributed by atoms with Crippen LogP contribution in [0.5, 0.6) is 0 Å². The van der Waals surface area contributed by atoms with Gasteiger partial charge in [-0.1, -0.05) is 18.2 Å². The van der Waals surface area contributed by atoms with Crippen molar-refractivity contribution in [2.24, 2.45) is 0 Å². The zero-order valence-electron chi connectivity index (χ0n) is 19.6. The second-order valence-electron chi connectivity index (χ2n) is 8.75. The molecule has 0 spiro atoms. The van der Waals surface area contributed by atoms with Crippen LogP contribution in [0.25, 0.3) is 0 Å². The van der Waals surface area contributed by atoms with Gasteiger partial charge in [0.25, 0.3) is 5.91 Å². The number of ether oxygens (including phenoxy) is 3. The van der Waals surface area contributed by atoms with E-state index in [9.17, 15) is 34.8 Å². The van der Waals surface area contributed by atoms with Gasteiger partial charge in [-0.15, -0.1) is 11.8 Å². The molecule has 0 aromatic heterocycles. The first-order valence-electron chi connectivity index (χ1n) is 10.8. The summed E-state index contributed by atoms with van der Waals surface area (Å²) in [5, 5.41) is 44.0. The number of rotatable bonds is 9. The van der Waals surface area contributed by atoms with E-state index in [0.29, 0.717) is 5.56 Å². The molecule has 6 N–H and O–H groups in total. The SMILES string of the molecule is CC(C)(C)OC(=O)NC(CSCNC(=O)c1ccccc1)C(=O)OCC1OC(O)C(O)C(O)C1O. The minimum atomic E-state index is -1.78. The molecule has 1 aliphatic rings. The van der Waals surface area contributed by atoms with Gasteiger partial charge in [0.05, 0.1) is 5.88 Å². The number of benzene rings is 1. The van der Waals surface area contributed by atoms with Gasteiger partial charge in [0.2, 0.25) is 0 Å². The van der Waals surface area contributed by atoms with Crippen LogP contribution in [0.15, 0.2) is 30.3 Å². The Balaban J connectivity index is 1.93. The van der Waals surface area contributed by atoms with Crippen LogP contribution in [0, 0.1) is 0 Å². The number of thioether (sulfide) groups is 1. The summed E-state index contributed by atoms with van der Waals surface area (Å²) in [6, 6.07) is 7.35. The first-order valence-corrected chi connectivity index (χ1v) is 12.0. The number of aliphatic hydroxyl groups excluding tert-OH is 4. The molecular weight excluding hydrogens is 484 g/mol. The van der Waals surface area contributed by atoms with Gasteiger partial charge in [0, 0.05) is 11.3 Å². The fraction of sp³-hybridized carbons (Fsp3) is 0.591. The zero-order chi connectivity index (χ0) is 26.2. The number of hydrogen-bond acceptors (Lipinski definition) is 11. The van der Waals surface area contributed by atoms with Gasteiger partial charge in [-0.25, -0.2) is 9.59 Å². The first-order chi connectivity index (χ1) is 16.4. The van der Waals surface area contributed by atoms with Crippen LogP contribution < -0.4 is 10.6 Å². The van der Waals surface area contributed by atoms with Crippen molar-refractivity contribution >= 4 is 29.7 Å². The Morgan fingerprint density at radius 3 is 2.34 bits per heavy atom. The van der Waals surface area contributed by atoms with Crippen LogP contribution in [-0.2, 0) is 19.0 Å². The minimum Gasteiger partial charge on any atom is -0.461 e. The molecule has 1 heterocycles. The lowest BCUT2D eigenvalue weighted by Crippen LogP contribution is -2.59. The number of carbonyl (C=O) groups is 3. The number of hydrogen-bond donors (Lipinski definition) is 6. The number of esters is 1. The number of amides is 2. The van der Waals surface area contributed by atoms with Crippen molar-refractivity contribution in [3.63, 3.8) is 0 Å². The molecule has 12 nitrogen and oxygen atoms in total. The molecule has 1 aliphatic heterocycles. The highest BCUT2D eigenvalue weighted by molar-refractivity contribution is 7.99. The van der Waals surface area contributed by atoms with Gasteiger partial charge in [0.15, 0.2) is 6.29 Å². The molecule has 13 heteroatoms. The molecule has 0 aliphatic carbocycles. The van der Waals surface area contributed by atoms with Crippen molar-refractivity contribution in [2.45, 2.75) is 63.1 Å². The lowest BCUT2D eigenvalue weighted by Gasteiger charge is -2.38. The van der Waals surface area contributed by atoms with Crippen LogP contribution in [-0.4, -0.2) is 99.0 Å². The fourth-order valence-corrected chi connectivity index (χ4v) is 3.74. The van der Waals surface area contributed by atoms with E-state index in [0.717, 1.165) is 11.8 Å². The van der Waals surface area contributed by atoms with Crippen molar-refractivity contribution in [3.05, 3.63) is 35.9 Å². The third kappa shape index (κ3) is 9.28. The minimum absolute atomic E-state index is 0.00515. The highest BCUT2D eigenvalue weighted by atomic mass is 32.2. The molecule has 35 heavy (non-hydrogen) atoms. The average molecular weight is 517 g/mol. The topological polar surface area (TPSA) is 184 Å². The van der Waals surface area contributed by atoms with Gasteiger partial charge < -0.3 is 45.3 Å². The summed E-state index contributed by atoms with van der Waals surface area (Å²) in [7, 11) is 0. The Morgan fingerprint density at radius 1 is 1.06 bits per heavy atom. The summed E-state index contributed by atoms with van der Waals surface area (Å²) in [4.78, 5) is 37.0. The summed E-state index contributed by atoms with van der Waals surface area (Å²) in [6.45, 7) is 4.39. The van der Waals surface area contributed by atoms with Gasteiger partial charge in [-0.3, -0.25) is 4.79 Å². The summed E-state index contributed by atoms with van der Waals surface area (Å²) in [5.74, 6) is -1.07. The van der Waals surface area contributed by atoms with E-state index in [2.05, 4.69) is 10.6 Å². The van der Waals surface area contributed by atoms with Crippen LogP contribution in [0.3, 0.4) is 0 Å². The monoisotopic (exact) mass is 516 g/mol. The Bertz CT molecular complexity index is 850. The first kappa shape index (κ1) is 28.8. The Labute approximate surface area is 206 Å². The third-order valence-corrected chi connectivity index (χ3v) is 5.63. The van der Waals surface area contributed by atoms with E-state index in [4.69, 9.17) is 14.2 Å². The van der Waals surface area contributed by atoms with E-state index in [1.807, 2.05) is 0 Å². The molecule has 6 atom stereocenters. The van der Waals surface area contributed by atoms with Crippen molar-refractivity contribution < 1.29 is 49.0 Å². The molecule has 2 rings (SSSR count). The molecule has 2 amide bonds. The van der Waals surface area contributed by atoms with Crippen molar-refractivity contribution in [1.82, 2.24) is 10.6 Å². The third-order valence-electron chi connectivity index (χ3n) is 4.71. The largest absolute Gasteiger partial charge is 0.461 e. The van der Waals surface area contributed by atoms with Crippen LogP contribution >= 0.6 is 11.8 Å². The molecular formula is C22H32N2O10S. The molecule has 1 aromatic rings. The van der Waals surface area contributed by atoms with E-state index in [1.54, 1.807) is 51.1 Å². The predicted octanol–water partition coefficient (Wildman–Crippen LogP) is -0.656. The summed E-state index contributed by atoms with van der Waals surface area (Å²) < 4.78 is 15.3. The standard InChI is InChI=1S/C22H32N2O10S/c1-22(2,3)34-21(31)24-13(10-35-11-23-18(28)12-7-5-4-6-8-12)19(29)32-9-14-15(25)16(26)17(27)20(30)33-14/h4-8,13-17,20,25-27,30H,9-11H2,1-3H3,(H,23,28)(H,24,31). The highest BCUT2D eigenvalue weighted by Gasteiger charge is 2.43. The summed E-state index contributed by atoms with van der Waals surface area (Å²) in [5.41, 5.74) is -0.348. The molecule has 1 saturated heterocycles. The molecule has 196 valence electrons. The highest BCUT2D eigenvalue weighted by Crippen LogP contribution is 2.20. The molecule has 0 saturated carbocycles. The van der Waals surface area contributed by atoms with E-state index >= 15 is 0 Å². The van der Waals surface area contributed by atoms with E-state index in [-0.39, 0.29) is 17.5 Å². The summed E-state index contributed by atoms with van der Waals surface area (Å²) in [6.07, 6.45) is -9.01. The lowest BCUT2D eigenvalue weighted by molar-refractivity contribution is -0.287. The second-order valence-corrected chi connectivity index (χ2v) is 9.78. The maximum atomic E-state index is 12.7. The van der Waals surface area contributed by atoms with Gasteiger partial charge in [-0.2, -0.15) is 0 Å². The normalized spacial score (nSPS) is 25.3. The van der Waals surface area contributed by atoms with Gasteiger partial charge in [0.1, 0.15) is 42.7 Å². The van der Waals surface area contributed by atoms with Crippen LogP contribution in [0.4, 0.5) is 4.79 Å². The van der Waals surface area contributed by atoms with Crippen molar-refractivity contribution in [2.75, 3.05) is 18.2 Å². The lowest BCUT2D eigenvalue weighted by atomic mass is 9.99. The van der Waals surface area contributed by atoms with Gasteiger partial charge in [-0.05, 0) is 32.9 Å². The molecule has 6 unspecified atom stereocenters. The Kier molecular flexibility index (Phi) is 10.7. The number of alkyl carbamates (subject to hydrolysis) is 1. The average Bonchev–Trinajstić information content (AvgIpc) is 2.80. The molecule has 1 fully saturated rings. The van der Waals surface area contributed by atoms with E-state index in [1.165, 1.54) is 0 Å². The molecule has 0 radical (unpaired) electrons.